The lowest BCUT2D eigenvalue weighted by Crippen LogP contribution is -2.29. The summed E-state index contributed by atoms with van der Waals surface area (Å²) in [6.07, 6.45) is 7.17. The van der Waals surface area contributed by atoms with Gasteiger partial charge in [-0.15, -0.1) is 6.58 Å². The van der Waals surface area contributed by atoms with Crippen LogP contribution >= 0.6 is 0 Å². The minimum Gasteiger partial charge on any atom is -0.498 e. The smallest absolute Gasteiger partial charge is 0.192 e. The van der Waals surface area contributed by atoms with Gasteiger partial charge < -0.3 is 4.74 Å². The van der Waals surface area contributed by atoms with Crippen molar-refractivity contribution in [2.24, 2.45) is 11.8 Å². The molecule has 3 aliphatic rings. The monoisotopic (exact) mass is 472 g/mol. The standard InChI is InChI=1S/C29H32F4O/c1-3-4-5-18-6-8-19(9-7-18)22-14-15-23(27(31)26(22)30)20-10-12-21(13-11-20)24-16-17-25(34-2)29(33)28(24)32/h3,10-19,26-29H,1,4-9H2,2H3. The minimum atomic E-state index is -1.87. The first-order valence-electron chi connectivity index (χ1n) is 12.1. The van der Waals surface area contributed by atoms with E-state index in [1.165, 1.54) is 19.3 Å². The molecule has 3 aliphatic carbocycles. The van der Waals surface area contributed by atoms with Crippen molar-refractivity contribution in [2.75, 3.05) is 7.11 Å². The number of benzene rings is 1. The molecule has 182 valence electrons. The Balaban J connectivity index is 1.48. The third-order valence-corrected chi connectivity index (χ3v) is 7.47. The van der Waals surface area contributed by atoms with E-state index in [4.69, 9.17) is 4.74 Å². The number of rotatable bonds is 7. The van der Waals surface area contributed by atoms with Crippen molar-refractivity contribution in [1.82, 2.24) is 0 Å². The minimum absolute atomic E-state index is 0.0534. The van der Waals surface area contributed by atoms with Crippen molar-refractivity contribution >= 4 is 11.1 Å². The summed E-state index contributed by atoms with van der Waals surface area (Å²) in [4.78, 5) is 0. The molecule has 4 rings (SSSR count). The van der Waals surface area contributed by atoms with Crippen molar-refractivity contribution in [3.63, 3.8) is 0 Å². The molecule has 1 fully saturated rings. The number of hydrogen-bond donors (Lipinski definition) is 0. The fourth-order valence-electron chi connectivity index (χ4n) is 5.40. The van der Waals surface area contributed by atoms with Gasteiger partial charge in [0, 0.05) is 0 Å². The van der Waals surface area contributed by atoms with Crippen LogP contribution in [0.25, 0.3) is 11.1 Å². The van der Waals surface area contributed by atoms with Crippen LogP contribution in [0.4, 0.5) is 17.6 Å². The van der Waals surface area contributed by atoms with Gasteiger partial charge in [-0.1, -0.05) is 48.6 Å². The average Bonchev–Trinajstić information content (AvgIpc) is 2.87. The van der Waals surface area contributed by atoms with Crippen LogP contribution in [0.3, 0.4) is 0 Å². The first kappa shape index (κ1) is 24.6. The molecule has 0 N–H and O–H groups in total. The van der Waals surface area contributed by atoms with E-state index in [0.717, 1.165) is 38.5 Å². The van der Waals surface area contributed by atoms with Gasteiger partial charge in [0.2, 0.25) is 0 Å². The predicted molar refractivity (Wildman–Crippen MR) is 130 cm³/mol. The first-order valence-corrected chi connectivity index (χ1v) is 12.1. The number of methoxy groups -OCH3 is 1. The summed E-state index contributed by atoms with van der Waals surface area (Å²) in [6.45, 7) is 3.78. The van der Waals surface area contributed by atoms with E-state index in [2.05, 4.69) is 6.58 Å². The predicted octanol–water partition coefficient (Wildman–Crippen LogP) is 8.06. The van der Waals surface area contributed by atoms with Gasteiger partial charge in [-0.3, -0.25) is 0 Å². The van der Waals surface area contributed by atoms with E-state index in [1.807, 2.05) is 6.08 Å². The van der Waals surface area contributed by atoms with E-state index >= 15 is 8.78 Å². The SMILES string of the molecule is C=CCCC1CCC(C2=CC=C(c3ccc(C4=CC=C(OC)C(F)C4F)cc3)C(F)C2F)CC1. The third-order valence-electron chi connectivity index (χ3n) is 7.47. The maximum atomic E-state index is 15.2. The number of hydrogen-bond acceptors (Lipinski definition) is 1. The molecule has 0 bridgehead atoms. The Labute approximate surface area is 199 Å². The second-order valence-corrected chi connectivity index (χ2v) is 9.45. The normalized spacial score (nSPS) is 31.7. The topological polar surface area (TPSA) is 9.23 Å². The zero-order valence-corrected chi connectivity index (χ0v) is 19.5. The molecule has 0 aromatic heterocycles. The molecular formula is C29H32F4O. The Morgan fingerprint density at radius 1 is 0.794 bits per heavy atom. The van der Waals surface area contributed by atoms with Crippen LogP contribution in [0.1, 0.15) is 49.7 Å². The third kappa shape index (κ3) is 4.94. The molecule has 4 atom stereocenters. The van der Waals surface area contributed by atoms with Crippen LogP contribution in [0.15, 0.2) is 72.6 Å². The largest absolute Gasteiger partial charge is 0.498 e. The lowest BCUT2D eigenvalue weighted by molar-refractivity contribution is 0.152. The molecule has 5 heteroatoms. The summed E-state index contributed by atoms with van der Waals surface area (Å²) < 4.78 is 64.0. The number of halogens is 4. The molecule has 34 heavy (non-hydrogen) atoms. The summed E-state index contributed by atoms with van der Waals surface area (Å²) >= 11 is 0. The van der Waals surface area contributed by atoms with Gasteiger partial charge in [0.15, 0.2) is 24.7 Å². The summed E-state index contributed by atoms with van der Waals surface area (Å²) in [6, 6.07) is 6.52. The zero-order chi connectivity index (χ0) is 24.2. The molecule has 1 nitrogen and oxygen atoms in total. The molecule has 0 amide bonds. The Hall–Kier alpha value is -2.56. The zero-order valence-electron chi connectivity index (χ0n) is 19.5. The van der Waals surface area contributed by atoms with Crippen molar-refractivity contribution in [3.8, 4) is 0 Å². The maximum Gasteiger partial charge on any atom is 0.192 e. The fraction of sp³-hybridized carbons (Fsp3) is 0.448. The van der Waals surface area contributed by atoms with Gasteiger partial charge in [0.05, 0.1) is 7.11 Å². The molecule has 4 unspecified atom stereocenters. The Morgan fingerprint density at radius 2 is 1.35 bits per heavy atom. The first-order chi connectivity index (χ1) is 16.4. The Kier molecular flexibility index (Phi) is 7.80. The summed E-state index contributed by atoms with van der Waals surface area (Å²) in [5.74, 6) is 0.684. The van der Waals surface area contributed by atoms with Crippen LogP contribution in [0, 0.1) is 11.8 Å². The molecule has 1 saturated carbocycles. The molecule has 1 aromatic rings. The molecule has 1 aromatic carbocycles. The molecule has 0 saturated heterocycles. The van der Waals surface area contributed by atoms with Gasteiger partial charge in [-0.2, -0.15) is 0 Å². The lowest BCUT2D eigenvalue weighted by atomic mass is 9.73. The molecule has 0 aliphatic heterocycles. The van der Waals surface area contributed by atoms with Gasteiger partial charge in [0.25, 0.3) is 0 Å². The highest BCUT2D eigenvalue weighted by Crippen LogP contribution is 2.42. The van der Waals surface area contributed by atoms with Crippen LogP contribution in [0.5, 0.6) is 0 Å². The van der Waals surface area contributed by atoms with Gasteiger partial charge in [0.1, 0.15) is 5.76 Å². The van der Waals surface area contributed by atoms with Crippen LogP contribution in [-0.2, 0) is 4.74 Å². The van der Waals surface area contributed by atoms with Crippen LogP contribution in [-0.4, -0.2) is 31.8 Å². The van der Waals surface area contributed by atoms with Crippen molar-refractivity contribution < 1.29 is 22.3 Å². The van der Waals surface area contributed by atoms with Gasteiger partial charge in [-0.25, -0.2) is 17.6 Å². The quantitative estimate of drug-likeness (QED) is 0.288. The summed E-state index contributed by atoms with van der Waals surface area (Å²) in [5.41, 5.74) is 2.08. The Bertz CT molecular complexity index is 995. The molecule has 0 radical (unpaired) electrons. The number of alkyl halides is 4. The molecular weight excluding hydrogens is 440 g/mol. The average molecular weight is 473 g/mol. The second kappa shape index (κ2) is 10.8. The van der Waals surface area contributed by atoms with E-state index in [9.17, 15) is 8.78 Å². The van der Waals surface area contributed by atoms with Crippen molar-refractivity contribution in [2.45, 2.75) is 63.2 Å². The summed E-state index contributed by atoms with van der Waals surface area (Å²) in [7, 11) is 1.30. The van der Waals surface area contributed by atoms with E-state index in [-0.39, 0.29) is 22.8 Å². The van der Waals surface area contributed by atoms with E-state index < -0.39 is 24.7 Å². The lowest BCUT2D eigenvalue weighted by Gasteiger charge is -2.34. The second-order valence-electron chi connectivity index (χ2n) is 9.45. The van der Waals surface area contributed by atoms with E-state index in [1.54, 1.807) is 36.4 Å². The highest BCUT2D eigenvalue weighted by Gasteiger charge is 2.36. The molecule has 0 spiro atoms. The molecule has 0 heterocycles. The highest BCUT2D eigenvalue weighted by molar-refractivity contribution is 5.77. The van der Waals surface area contributed by atoms with Crippen molar-refractivity contribution in [1.29, 1.82) is 0 Å². The summed E-state index contributed by atoms with van der Waals surface area (Å²) in [5, 5.41) is 0. The van der Waals surface area contributed by atoms with Gasteiger partial charge >= 0.3 is 0 Å². The Morgan fingerprint density at radius 3 is 1.91 bits per heavy atom. The van der Waals surface area contributed by atoms with Crippen molar-refractivity contribution in [3.05, 3.63) is 83.7 Å². The number of ether oxygens (including phenoxy) is 1. The maximum absolute atomic E-state index is 15.2. The van der Waals surface area contributed by atoms with Gasteiger partial charge in [-0.05, 0) is 84.3 Å². The highest BCUT2D eigenvalue weighted by atomic mass is 19.2. The van der Waals surface area contributed by atoms with E-state index in [0.29, 0.717) is 22.6 Å². The van der Waals surface area contributed by atoms with Crippen LogP contribution < -0.4 is 0 Å². The fourth-order valence-corrected chi connectivity index (χ4v) is 5.40. The number of allylic oxidation sites excluding steroid dienone is 9. The van der Waals surface area contributed by atoms with Crippen LogP contribution in [0.2, 0.25) is 0 Å².